The van der Waals surface area contributed by atoms with E-state index in [2.05, 4.69) is 93.0 Å². The van der Waals surface area contributed by atoms with Gasteiger partial charge in [0.15, 0.2) is 0 Å². The second-order valence-corrected chi connectivity index (χ2v) is 9.27. The molecule has 0 amide bonds. The smallest absolute Gasteiger partial charge is 0.222 e. The van der Waals surface area contributed by atoms with Crippen molar-refractivity contribution in [2.45, 2.75) is 18.7 Å². The molecule has 0 saturated carbocycles. The van der Waals surface area contributed by atoms with Crippen molar-refractivity contribution in [2.75, 3.05) is 0 Å². The maximum absolute atomic E-state index is 6.41. The van der Waals surface area contributed by atoms with Gasteiger partial charge in [-0.1, -0.05) is 58.4 Å². The molecule has 0 unspecified atom stereocenters. The standard InChI is InChI=1S/C24H17BrN2OS/c25-18-9-10-22-19(13-18)21-14-20(17-8-7-15-4-1-2-5-16(15)12-17)26-27(21)24(28-22)23-6-3-11-29-23/h1-13,21,24H,14H2/t21-,24-/m1/s1. The first-order valence-corrected chi connectivity index (χ1v) is 11.3. The highest BCUT2D eigenvalue weighted by molar-refractivity contribution is 9.10. The normalized spacial score (nSPS) is 20.2. The van der Waals surface area contributed by atoms with Crippen molar-refractivity contribution in [1.82, 2.24) is 5.01 Å². The van der Waals surface area contributed by atoms with E-state index in [4.69, 9.17) is 9.84 Å². The zero-order valence-electron chi connectivity index (χ0n) is 15.5. The van der Waals surface area contributed by atoms with Gasteiger partial charge in [0.05, 0.1) is 16.6 Å². The maximum atomic E-state index is 6.41. The molecule has 6 rings (SSSR count). The molecule has 0 saturated heterocycles. The monoisotopic (exact) mass is 460 g/mol. The Morgan fingerprint density at radius 3 is 2.72 bits per heavy atom. The molecule has 0 bridgehead atoms. The molecular formula is C24H17BrN2OS. The molecule has 3 aromatic carbocycles. The molecule has 0 aliphatic carbocycles. The van der Waals surface area contributed by atoms with Crippen LogP contribution in [0.5, 0.6) is 5.75 Å². The van der Waals surface area contributed by atoms with E-state index in [0.29, 0.717) is 0 Å². The highest BCUT2D eigenvalue weighted by Gasteiger charge is 2.41. The predicted octanol–water partition coefficient (Wildman–Crippen LogP) is 6.91. The zero-order valence-corrected chi connectivity index (χ0v) is 17.9. The Kier molecular flexibility index (Phi) is 3.99. The lowest BCUT2D eigenvalue weighted by Gasteiger charge is -2.37. The summed E-state index contributed by atoms with van der Waals surface area (Å²) >= 11 is 5.33. The van der Waals surface area contributed by atoms with Crippen molar-refractivity contribution in [3.63, 3.8) is 0 Å². The van der Waals surface area contributed by atoms with Crippen molar-refractivity contribution in [1.29, 1.82) is 0 Å². The van der Waals surface area contributed by atoms with Gasteiger partial charge in [0, 0.05) is 16.5 Å². The van der Waals surface area contributed by atoms with E-state index in [0.717, 1.165) is 22.4 Å². The summed E-state index contributed by atoms with van der Waals surface area (Å²) in [5, 5.41) is 11.8. The first-order chi connectivity index (χ1) is 14.3. The predicted molar refractivity (Wildman–Crippen MR) is 122 cm³/mol. The van der Waals surface area contributed by atoms with Crippen molar-refractivity contribution in [3.05, 3.63) is 98.7 Å². The lowest BCUT2D eigenvalue weighted by atomic mass is 9.95. The van der Waals surface area contributed by atoms with Gasteiger partial charge in [-0.25, -0.2) is 5.01 Å². The van der Waals surface area contributed by atoms with Crippen LogP contribution in [-0.2, 0) is 0 Å². The molecule has 1 aromatic heterocycles. The number of nitrogens with zero attached hydrogens (tertiary/aromatic N) is 2. The van der Waals surface area contributed by atoms with Gasteiger partial charge >= 0.3 is 0 Å². The number of benzene rings is 3. The largest absolute Gasteiger partial charge is 0.464 e. The molecule has 3 heterocycles. The number of hydrogen-bond acceptors (Lipinski definition) is 4. The van der Waals surface area contributed by atoms with E-state index in [1.165, 1.54) is 26.8 Å². The van der Waals surface area contributed by atoms with Crippen LogP contribution in [0.4, 0.5) is 0 Å². The molecule has 142 valence electrons. The molecular weight excluding hydrogens is 444 g/mol. The fourth-order valence-corrected chi connectivity index (χ4v) is 5.34. The average Bonchev–Trinajstić information content (AvgIpc) is 3.43. The maximum Gasteiger partial charge on any atom is 0.222 e. The number of ether oxygens (including phenoxy) is 1. The highest BCUT2D eigenvalue weighted by Crippen LogP contribution is 2.48. The molecule has 0 N–H and O–H groups in total. The fourth-order valence-electron chi connectivity index (χ4n) is 4.22. The van der Waals surface area contributed by atoms with Crippen molar-refractivity contribution >= 4 is 43.8 Å². The third-order valence-corrected chi connectivity index (χ3v) is 7.02. The first kappa shape index (κ1) is 17.2. The Balaban J connectivity index is 1.46. The number of rotatable bonds is 2. The van der Waals surface area contributed by atoms with Crippen molar-refractivity contribution in [2.24, 2.45) is 5.10 Å². The van der Waals surface area contributed by atoms with Gasteiger partial charge in [-0.05, 0) is 52.0 Å². The number of thiophene rings is 1. The van der Waals surface area contributed by atoms with Crippen LogP contribution in [-0.4, -0.2) is 10.7 Å². The van der Waals surface area contributed by atoms with Crippen molar-refractivity contribution in [3.8, 4) is 5.75 Å². The van der Waals surface area contributed by atoms with Crippen LogP contribution in [0.15, 0.2) is 87.8 Å². The Labute approximate surface area is 181 Å². The molecule has 4 aromatic rings. The minimum absolute atomic E-state index is 0.171. The van der Waals surface area contributed by atoms with Gasteiger partial charge in [0.2, 0.25) is 6.23 Å². The van der Waals surface area contributed by atoms with Crippen LogP contribution >= 0.6 is 27.3 Å². The van der Waals surface area contributed by atoms with Crippen LogP contribution in [0, 0.1) is 0 Å². The Bertz CT molecular complexity index is 1250. The third-order valence-electron chi connectivity index (χ3n) is 5.62. The van der Waals surface area contributed by atoms with E-state index in [9.17, 15) is 0 Å². The Hall–Kier alpha value is -2.63. The second kappa shape index (κ2) is 6.71. The van der Waals surface area contributed by atoms with E-state index in [1.807, 2.05) is 6.07 Å². The van der Waals surface area contributed by atoms with E-state index >= 15 is 0 Å². The van der Waals surface area contributed by atoms with Gasteiger partial charge in [-0.2, -0.15) is 5.10 Å². The summed E-state index contributed by atoms with van der Waals surface area (Å²) in [7, 11) is 0. The van der Waals surface area contributed by atoms with Crippen molar-refractivity contribution < 1.29 is 4.74 Å². The average molecular weight is 461 g/mol. The van der Waals surface area contributed by atoms with Gasteiger partial charge in [0.25, 0.3) is 0 Å². The minimum atomic E-state index is -0.188. The lowest BCUT2D eigenvalue weighted by molar-refractivity contribution is -0.0166. The van der Waals surface area contributed by atoms with E-state index in [-0.39, 0.29) is 12.3 Å². The molecule has 2 atom stereocenters. The molecule has 3 nitrogen and oxygen atoms in total. The van der Waals surface area contributed by atoms with E-state index < -0.39 is 0 Å². The first-order valence-electron chi connectivity index (χ1n) is 9.61. The third kappa shape index (κ3) is 2.88. The fraction of sp³-hybridized carbons (Fsp3) is 0.125. The quantitative estimate of drug-likeness (QED) is 0.324. The Morgan fingerprint density at radius 1 is 0.966 bits per heavy atom. The molecule has 29 heavy (non-hydrogen) atoms. The molecule has 0 fully saturated rings. The van der Waals surface area contributed by atoms with E-state index in [1.54, 1.807) is 11.3 Å². The molecule has 0 radical (unpaired) electrons. The van der Waals surface area contributed by atoms with Crippen LogP contribution in [0.25, 0.3) is 10.8 Å². The van der Waals surface area contributed by atoms with Crippen LogP contribution in [0.2, 0.25) is 0 Å². The molecule has 5 heteroatoms. The lowest BCUT2D eigenvalue weighted by Crippen LogP contribution is -2.33. The topological polar surface area (TPSA) is 24.8 Å². The Morgan fingerprint density at radius 2 is 1.86 bits per heavy atom. The van der Waals surface area contributed by atoms with Gasteiger partial charge in [0.1, 0.15) is 5.75 Å². The number of hydrogen-bond donors (Lipinski definition) is 0. The summed E-state index contributed by atoms with van der Waals surface area (Å²) in [5.74, 6) is 0.947. The van der Waals surface area contributed by atoms with Crippen LogP contribution in [0.3, 0.4) is 0 Å². The van der Waals surface area contributed by atoms with Gasteiger partial charge in [-0.15, -0.1) is 11.3 Å². The summed E-state index contributed by atoms with van der Waals surface area (Å²) < 4.78 is 7.47. The summed E-state index contributed by atoms with van der Waals surface area (Å²) in [6.07, 6.45) is 0.680. The second-order valence-electron chi connectivity index (χ2n) is 7.38. The molecule has 0 spiro atoms. The summed E-state index contributed by atoms with van der Waals surface area (Å²) in [6, 6.07) is 25.7. The number of halogens is 1. The summed E-state index contributed by atoms with van der Waals surface area (Å²) in [6.45, 7) is 0. The molecule has 2 aliphatic rings. The zero-order chi connectivity index (χ0) is 19.4. The van der Waals surface area contributed by atoms with Gasteiger partial charge in [-0.3, -0.25) is 0 Å². The van der Waals surface area contributed by atoms with Crippen LogP contribution < -0.4 is 4.74 Å². The summed E-state index contributed by atoms with van der Waals surface area (Å²) in [5.41, 5.74) is 3.48. The highest BCUT2D eigenvalue weighted by atomic mass is 79.9. The van der Waals surface area contributed by atoms with Crippen LogP contribution in [0.1, 0.15) is 34.7 Å². The minimum Gasteiger partial charge on any atom is -0.464 e. The SMILES string of the molecule is Brc1ccc2c(c1)[C@H]1CC(c3ccc4ccccc4c3)=NN1[C@@H](c1cccs1)O2. The number of hydrazone groups is 1. The van der Waals surface area contributed by atoms with Gasteiger partial charge < -0.3 is 4.74 Å². The summed E-state index contributed by atoms with van der Waals surface area (Å²) in [4.78, 5) is 1.17. The molecule has 2 aliphatic heterocycles. The number of fused-ring (bicyclic) bond motifs is 4.